The molecule has 2 aromatic carbocycles. The summed E-state index contributed by atoms with van der Waals surface area (Å²) in [5, 5.41) is 18.1. The van der Waals surface area contributed by atoms with E-state index in [4.69, 9.17) is 37.5 Å². The summed E-state index contributed by atoms with van der Waals surface area (Å²) in [6, 6.07) is 28.3. The third-order valence-electron chi connectivity index (χ3n) is 9.18. The van der Waals surface area contributed by atoms with Crippen LogP contribution < -0.4 is 168 Å². The molecule has 0 unspecified atom stereocenters. The second-order valence-corrected chi connectivity index (χ2v) is 15.1. The summed E-state index contributed by atoms with van der Waals surface area (Å²) in [6.07, 6.45) is 5.91. The smallest absolute Gasteiger partial charge is 1.00 e. The van der Waals surface area contributed by atoms with E-state index in [9.17, 15) is 4.39 Å². The third-order valence-corrected chi connectivity index (χ3v) is 11.3. The molecule has 0 bridgehead atoms. The number of aromatic nitrogens is 4. The first-order valence-corrected chi connectivity index (χ1v) is 21.8. The van der Waals surface area contributed by atoms with Crippen molar-refractivity contribution < 1.29 is 169 Å². The molecule has 65 heavy (non-hydrogen) atoms. The summed E-state index contributed by atoms with van der Waals surface area (Å²) >= 11 is 9.03. The summed E-state index contributed by atoms with van der Waals surface area (Å²) in [6.45, 7) is 8.87. The number of thiazole rings is 2. The maximum atomic E-state index is 9.96. The molecule has 13 nitrogen and oxygen atoms in total. The number of alkyl halides is 2. The van der Waals surface area contributed by atoms with Crippen molar-refractivity contribution in [3.8, 4) is 32.6 Å². The molecule has 2 aliphatic heterocycles. The van der Waals surface area contributed by atoms with Crippen LogP contribution in [-0.4, -0.2) is 105 Å². The molecule has 2 aliphatic rings. The first-order valence-electron chi connectivity index (χ1n) is 20.2. The van der Waals surface area contributed by atoms with E-state index >= 15 is 0 Å². The molecule has 2 saturated heterocycles. The Kier molecular flexibility index (Phi) is 37.7. The molecular formula is C44H56Cl3Cs2FN8O5S2. The average Bonchev–Trinajstić information content (AvgIpc) is 3.85. The molecule has 1 N–H and O–H groups in total. The van der Waals surface area contributed by atoms with Crippen LogP contribution in [-0.2, 0) is 22.1 Å². The average molecular weight is 1230 g/mol. The van der Waals surface area contributed by atoms with Gasteiger partial charge in [0, 0.05) is 86.6 Å². The summed E-state index contributed by atoms with van der Waals surface area (Å²) < 4.78 is 26.3. The Bertz CT molecular complexity index is 2130. The van der Waals surface area contributed by atoms with Gasteiger partial charge in [0.25, 0.3) is 6.47 Å². The fourth-order valence-corrected chi connectivity index (χ4v) is 8.23. The van der Waals surface area contributed by atoms with Gasteiger partial charge >= 0.3 is 138 Å². The Morgan fingerprint density at radius 1 is 0.754 bits per heavy atom. The van der Waals surface area contributed by atoms with Gasteiger partial charge in [0.2, 0.25) is 0 Å². The van der Waals surface area contributed by atoms with Gasteiger partial charge < -0.3 is 36.2 Å². The van der Waals surface area contributed by atoms with E-state index in [1.54, 1.807) is 36.9 Å². The zero-order valence-electron chi connectivity index (χ0n) is 39.2. The number of carbonyl (C=O) groups is 1. The summed E-state index contributed by atoms with van der Waals surface area (Å²) in [4.78, 5) is 36.5. The molecule has 0 amide bonds. The minimum atomic E-state index is -1.00. The zero-order chi connectivity index (χ0) is 44.2. The molecule has 8 rings (SSSR count). The Balaban J connectivity index is 0. The summed E-state index contributed by atoms with van der Waals surface area (Å²) in [7, 11) is 2.40. The number of nitrogens with zero attached hydrogens (tertiary/aromatic N) is 7. The van der Waals surface area contributed by atoms with E-state index < -0.39 is 7.15 Å². The Morgan fingerprint density at radius 2 is 1.25 bits per heavy atom. The van der Waals surface area contributed by atoms with Crippen molar-refractivity contribution in [3.63, 3.8) is 0 Å². The van der Waals surface area contributed by atoms with Crippen molar-refractivity contribution in [1.29, 1.82) is 0 Å². The van der Waals surface area contributed by atoms with Gasteiger partial charge in [-0.2, -0.15) is 0 Å². The largest absolute Gasteiger partial charge is 1.00 e. The molecule has 6 aromatic rings. The van der Waals surface area contributed by atoms with Gasteiger partial charge in [-0.1, -0.05) is 60.7 Å². The van der Waals surface area contributed by atoms with Gasteiger partial charge in [0.15, 0.2) is 23.1 Å². The molecule has 0 aliphatic carbocycles. The van der Waals surface area contributed by atoms with Crippen LogP contribution >= 0.6 is 59.1 Å². The predicted octanol–water partition coefficient (Wildman–Crippen LogP) is 2.35. The van der Waals surface area contributed by atoms with Crippen LogP contribution in [0.2, 0.25) is 0 Å². The van der Waals surface area contributed by atoms with Gasteiger partial charge in [0.1, 0.15) is 10.0 Å². The van der Waals surface area contributed by atoms with Crippen molar-refractivity contribution in [2.24, 2.45) is 0 Å². The molecule has 6 heterocycles. The Hall–Kier alpha value is -0.546. The first kappa shape index (κ1) is 62.5. The number of rotatable bonds is 10. The van der Waals surface area contributed by atoms with E-state index in [0.717, 1.165) is 122 Å². The normalized spacial score (nSPS) is 13.1. The Morgan fingerprint density at radius 3 is 1.74 bits per heavy atom. The van der Waals surface area contributed by atoms with Crippen LogP contribution in [0.1, 0.15) is 27.0 Å². The standard InChI is InChI=1S/C21H24N4OS.C11H17N3O.C10H8ClNS.CH3F.CH2O3.2ClH.2Cs.H/c1-26-19-9-5-10-22-20(19)25-12-6-11-24(13-14-25)15-18-16-27-21(23-18)17-7-3-2-4-8-17;1-15-10-4-2-6-13-11(10)14-8-3-5-12-7-9-14;11-6-9-7-13-10(12-9)8-4-2-1-3-5-8;1-2;2-1-4-3;;;;;/h2-5,7-10,16H,6,11-15H2,1H3;2,4,6,12H,3,5,7-9H2,1H3;1-5,7H,6H2;1H3;1,3H;2*1H;;;/q;;;;;;;2*+1;-1/p-1/i;;;1D;;;;;;. The van der Waals surface area contributed by atoms with E-state index in [1.165, 1.54) is 5.56 Å². The van der Waals surface area contributed by atoms with Crippen LogP contribution in [0.5, 0.6) is 11.5 Å². The number of pyridine rings is 2. The van der Waals surface area contributed by atoms with Gasteiger partial charge in [0.05, 0.1) is 40.0 Å². The van der Waals surface area contributed by atoms with E-state index in [2.05, 4.69) is 81.6 Å². The fourth-order valence-electron chi connectivity index (χ4n) is 6.36. The second-order valence-electron chi connectivity index (χ2n) is 13.1. The summed E-state index contributed by atoms with van der Waals surface area (Å²) in [5.41, 5.74) is 4.45. The van der Waals surface area contributed by atoms with E-state index in [-0.39, 0.29) is 171 Å². The number of benzene rings is 2. The van der Waals surface area contributed by atoms with Crippen molar-refractivity contribution >= 4 is 77.2 Å². The number of halogens is 4. The number of ether oxygens (including phenoxy) is 2. The monoisotopic (exact) mass is 1230 g/mol. The van der Waals surface area contributed by atoms with Crippen molar-refractivity contribution in [3.05, 3.63) is 119 Å². The quantitative estimate of drug-likeness (QED) is 0.0931. The SMILES string of the molecule is COc1cccnc1N1CCCN(Cc2csc(-c3ccccc3)n2)CC1.COc1cccnc1N1CCCNCC1.Cl.Cl.ClCc1csc(-c2ccccc2)n1.O=CO[O-].[2H]CF.[Cs+].[Cs+].[H-]. The minimum absolute atomic E-state index is 0. The molecule has 0 spiro atoms. The number of nitrogens with one attached hydrogen (secondary N) is 1. The first-order chi connectivity index (χ1) is 30.5. The summed E-state index contributed by atoms with van der Waals surface area (Å²) in [5.74, 6) is 4.10. The number of anilines is 2. The number of hydrogen-bond donors (Lipinski definition) is 1. The van der Waals surface area contributed by atoms with Crippen LogP contribution in [0.25, 0.3) is 21.1 Å². The van der Waals surface area contributed by atoms with Gasteiger partial charge in [-0.25, -0.2) is 19.9 Å². The molecule has 344 valence electrons. The second kappa shape index (κ2) is 39.2. The predicted molar refractivity (Wildman–Crippen MR) is 258 cm³/mol. The van der Waals surface area contributed by atoms with Gasteiger partial charge in [-0.05, 0) is 43.7 Å². The van der Waals surface area contributed by atoms with Crippen LogP contribution in [0.4, 0.5) is 16.0 Å². The molecule has 0 saturated carbocycles. The van der Waals surface area contributed by atoms with Crippen LogP contribution in [0.15, 0.2) is 108 Å². The number of carbonyl (C=O) groups excluding carboxylic acids is 1. The molecule has 0 radical (unpaired) electrons. The van der Waals surface area contributed by atoms with E-state index in [1.807, 2.05) is 66.3 Å². The zero-order valence-corrected chi connectivity index (χ0v) is 53.8. The number of methoxy groups -OCH3 is 2. The number of hydrogen-bond acceptors (Lipinski definition) is 15. The maximum Gasteiger partial charge on any atom is 1.00 e. The van der Waals surface area contributed by atoms with Crippen LogP contribution in [0.3, 0.4) is 0 Å². The van der Waals surface area contributed by atoms with Gasteiger partial charge in [-0.15, -0.1) is 59.1 Å². The van der Waals surface area contributed by atoms with Crippen molar-refractivity contribution in [1.82, 2.24) is 30.2 Å². The van der Waals surface area contributed by atoms with E-state index in [0.29, 0.717) is 5.88 Å². The fraction of sp³-hybridized carbons (Fsp3) is 0.341. The molecule has 0 atom stereocenters. The van der Waals surface area contributed by atoms with Crippen molar-refractivity contribution in [2.45, 2.75) is 25.3 Å². The van der Waals surface area contributed by atoms with Crippen molar-refractivity contribution in [2.75, 3.05) is 83.5 Å². The topological polar surface area (TPSA) is 141 Å². The Labute approximate surface area is 528 Å². The molecule has 4 aromatic heterocycles. The van der Waals surface area contributed by atoms with Crippen LogP contribution in [0, 0.1) is 0 Å². The van der Waals surface area contributed by atoms with Gasteiger partial charge in [-0.3, -0.25) is 14.1 Å². The third kappa shape index (κ3) is 22.8. The molecular weight excluding hydrogens is 1180 g/mol. The minimum Gasteiger partial charge on any atom is -1.00 e. The molecule has 21 heteroatoms. The maximum absolute atomic E-state index is 9.96. The molecule has 2 fully saturated rings.